The summed E-state index contributed by atoms with van der Waals surface area (Å²) in [5.41, 5.74) is -0.687. The van der Waals surface area contributed by atoms with Gasteiger partial charge in [0.2, 0.25) is 12.0 Å². The lowest BCUT2D eigenvalue weighted by Gasteiger charge is -2.36. The van der Waals surface area contributed by atoms with Gasteiger partial charge < -0.3 is 9.47 Å². The molecule has 2 unspecified atom stereocenters. The van der Waals surface area contributed by atoms with Gasteiger partial charge in [0.25, 0.3) is 0 Å². The van der Waals surface area contributed by atoms with Gasteiger partial charge in [-0.15, -0.1) is 0 Å². The van der Waals surface area contributed by atoms with Crippen LogP contribution in [0.25, 0.3) is 5.57 Å². The van der Waals surface area contributed by atoms with Crippen LogP contribution >= 0.6 is 0 Å². The van der Waals surface area contributed by atoms with Crippen LogP contribution in [-0.4, -0.2) is 25.2 Å². The van der Waals surface area contributed by atoms with Crippen molar-refractivity contribution in [3.8, 4) is 0 Å². The first-order valence-corrected chi connectivity index (χ1v) is 8.42. The molecule has 0 aliphatic heterocycles. The van der Waals surface area contributed by atoms with Crippen molar-refractivity contribution >= 4 is 5.57 Å². The summed E-state index contributed by atoms with van der Waals surface area (Å²) in [6.07, 6.45) is 2.24. The first kappa shape index (κ1) is 19.7. The van der Waals surface area contributed by atoms with Crippen molar-refractivity contribution in [1.82, 2.24) is 0 Å². The van der Waals surface area contributed by atoms with Crippen LogP contribution in [0, 0.1) is 11.6 Å². The average Bonchev–Trinajstić information content (AvgIpc) is 2.61. The molecule has 0 spiro atoms. The summed E-state index contributed by atoms with van der Waals surface area (Å²) in [6.45, 7) is 4.15. The zero-order valence-electron chi connectivity index (χ0n) is 14.3. The van der Waals surface area contributed by atoms with Crippen LogP contribution in [0.3, 0.4) is 0 Å². The van der Waals surface area contributed by atoms with E-state index in [0.717, 1.165) is 12.5 Å². The van der Waals surface area contributed by atoms with Crippen LogP contribution in [0.15, 0.2) is 36.2 Å². The second kappa shape index (κ2) is 8.63. The van der Waals surface area contributed by atoms with Gasteiger partial charge >= 0.3 is 0 Å². The number of ether oxygens (including phenoxy) is 2. The summed E-state index contributed by atoms with van der Waals surface area (Å²) in [6, 6.07) is 3.35. The van der Waals surface area contributed by atoms with E-state index in [1.54, 1.807) is 0 Å². The molecule has 0 fully saturated rings. The van der Waals surface area contributed by atoms with Crippen molar-refractivity contribution in [3.63, 3.8) is 0 Å². The minimum atomic E-state index is -2.27. The molecule has 0 heterocycles. The Kier molecular flexibility index (Phi) is 6.79. The molecule has 0 saturated carbocycles. The van der Waals surface area contributed by atoms with E-state index in [1.165, 1.54) is 24.3 Å². The maximum Gasteiger partial charge on any atom is 0.227 e. The fourth-order valence-corrected chi connectivity index (χ4v) is 2.53. The van der Waals surface area contributed by atoms with Crippen LogP contribution in [0.4, 0.5) is 17.6 Å². The Hall–Kier alpha value is -1.66. The van der Waals surface area contributed by atoms with Crippen molar-refractivity contribution in [2.75, 3.05) is 13.2 Å². The van der Waals surface area contributed by atoms with Crippen LogP contribution < -0.4 is 0 Å². The number of hydrogen-bond donors (Lipinski definition) is 0. The van der Waals surface area contributed by atoms with E-state index in [-0.39, 0.29) is 24.4 Å². The van der Waals surface area contributed by atoms with Gasteiger partial charge in [-0.3, -0.25) is 0 Å². The van der Waals surface area contributed by atoms with Crippen LogP contribution in [-0.2, 0) is 9.47 Å². The molecular weight excluding hydrogens is 336 g/mol. The number of rotatable bonds is 8. The van der Waals surface area contributed by atoms with E-state index in [9.17, 15) is 17.6 Å². The SMILES string of the molecule is CCCCOC1(OCCC)C=CC(c2cccc(F)c2F)=C(F)C1F. The predicted octanol–water partition coefficient (Wildman–Crippen LogP) is 5.49. The second-order valence-corrected chi connectivity index (χ2v) is 5.83. The molecule has 1 aromatic carbocycles. The monoisotopic (exact) mass is 358 g/mol. The quantitative estimate of drug-likeness (QED) is 0.347. The molecule has 1 aromatic rings. The van der Waals surface area contributed by atoms with E-state index in [1.807, 2.05) is 13.8 Å². The Morgan fingerprint density at radius 1 is 1.04 bits per heavy atom. The van der Waals surface area contributed by atoms with E-state index >= 15 is 0 Å². The number of alkyl halides is 1. The molecule has 6 heteroatoms. The molecule has 1 aliphatic carbocycles. The number of hydrogen-bond acceptors (Lipinski definition) is 2. The van der Waals surface area contributed by atoms with Crippen LogP contribution in [0.5, 0.6) is 0 Å². The Morgan fingerprint density at radius 2 is 1.76 bits per heavy atom. The third-order valence-electron chi connectivity index (χ3n) is 3.91. The molecular formula is C19H22F4O2. The van der Waals surface area contributed by atoms with Gasteiger partial charge in [-0.05, 0) is 25.0 Å². The van der Waals surface area contributed by atoms with Gasteiger partial charge in [-0.1, -0.05) is 38.5 Å². The largest absolute Gasteiger partial charge is 0.344 e. The van der Waals surface area contributed by atoms with Crippen molar-refractivity contribution in [1.29, 1.82) is 0 Å². The van der Waals surface area contributed by atoms with Gasteiger partial charge in [0.1, 0.15) is 5.83 Å². The van der Waals surface area contributed by atoms with Crippen LogP contribution in [0.2, 0.25) is 0 Å². The highest BCUT2D eigenvalue weighted by Crippen LogP contribution is 2.39. The normalized spacial score (nSPS) is 23.4. The molecule has 2 atom stereocenters. The molecule has 0 radical (unpaired) electrons. The third-order valence-corrected chi connectivity index (χ3v) is 3.91. The third kappa shape index (κ3) is 4.12. The zero-order chi connectivity index (χ0) is 18.4. The van der Waals surface area contributed by atoms with Crippen molar-refractivity contribution in [3.05, 3.63) is 53.4 Å². The fraction of sp³-hybridized carbons (Fsp3) is 0.474. The van der Waals surface area contributed by atoms with Crippen molar-refractivity contribution in [2.45, 2.75) is 45.1 Å². The summed E-state index contributed by atoms with van der Waals surface area (Å²) in [7, 11) is 0. The van der Waals surface area contributed by atoms with Crippen molar-refractivity contribution in [2.24, 2.45) is 0 Å². The molecule has 0 amide bonds. The maximum absolute atomic E-state index is 14.9. The lowest BCUT2D eigenvalue weighted by molar-refractivity contribution is -0.234. The first-order chi connectivity index (χ1) is 12.0. The lowest BCUT2D eigenvalue weighted by atomic mass is 9.93. The molecule has 0 bridgehead atoms. The molecule has 0 saturated heterocycles. The number of benzene rings is 1. The second-order valence-electron chi connectivity index (χ2n) is 5.83. The van der Waals surface area contributed by atoms with Gasteiger partial charge in [0.15, 0.2) is 11.6 Å². The van der Waals surface area contributed by atoms with Gasteiger partial charge in [-0.2, -0.15) is 0 Å². The summed E-state index contributed by atoms with van der Waals surface area (Å²) in [5, 5.41) is 0. The minimum absolute atomic E-state index is 0.174. The zero-order valence-corrected chi connectivity index (χ0v) is 14.3. The summed E-state index contributed by atoms with van der Waals surface area (Å²) >= 11 is 0. The Balaban J connectivity index is 2.36. The highest BCUT2D eigenvalue weighted by atomic mass is 19.2. The molecule has 1 aliphatic rings. The predicted molar refractivity (Wildman–Crippen MR) is 88.3 cm³/mol. The number of halogens is 4. The smallest absolute Gasteiger partial charge is 0.227 e. The lowest BCUT2D eigenvalue weighted by Crippen LogP contribution is -2.46. The maximum atomic E-state index is 14.9. The Bertz CT molecular complexity index is 657. The molecule has 0 aromatic heterocycles. The first-order valence-electron chi connectivity index (χ1n) is 8.42. The fourth-order valence-electron chi connectivity index (χ4n) is 2.53. The minimum Gasteiger partial charge on any atom is -0.344 e. The average molecular weight is 358 g/mol. The number of allylic oxidation sites excluding steroid dienone is 2. The highest BCUT2D eigenvalue weighted by molar-refractivity contribution is 5.78. The molecule has 2 rings (SSSR count). The Morgan fingerprint density at radius 3 is 2.44 bits per heavy atom. The summed E-state index contributed by atoms with van der Waals surface area (Å²) in [5.74, 6) is -5.47. The standard InChI is InChI=1S/C19H22F4O2/c1-3-5-12-25-19(24-11-4-2)10-9-14(17(22)18(19)23)13-7-6-8-15(20)16(13)21/h6-10,18H,3-5,11-12H2,1-2H3. The summed E-state index contributed by atoms with van der Waals surface area (Å²) < 4.78 is 67.8. The number of unbranched alkanes of at least 4 members (excludes halogenated alkanes) is 1. The molecule has 25 heavy (non-hydrogen) atoms. The van der Waals surface area contributed by atoms with Crippen LogP contribution in [0.1, 0.15) is 38.7 Å². The van der Waals surface area contributed by atoms with Gasteiger partial charge in [0.05, 0.1) is 13.2 Å². The van der Waals surface area contributed by atoms with E-state index in [0.29, 0.717) is 12.8 Å². The highest BCUT2D eigenvalue weighted by Gasteiger charge is 2.46. The van der Waals surface area contributed by atoms with Gasteiger partial charge in [0, 0.05) is 11.1 Å². The Labute approximate surface area is 145 Å². The topological polar surface area (TPSA) is 18.5 Å². The molecule has 0 N–H and O–H groups in total. The van der Waals surface area contributed by atoms with E-state index in [4.69, 9.17) is 9.47 Å². The molecule has 2 nitrogen and oxygen atoms in total. The van der Waals surface area contributed by atoms with Gasteiger partial charge in [-0.25, -0.2) is 17.6 Å². The molecule has 138 valence electrons. The van der Waals surface area contributed by atoms with E-state index in [2.05, 4.69) is 0 Å². The van der Waals surface area contributed by atoms with E-state index < -0.39 is 29.4 Å². The summed E-state index contributed by atoms with van der Waals surface area (Å²) in [4.78, 5) is 0. The van der Waals surface area contributed by atoms with Crippen molar-refractivity contribution < 1.29 is 27.0 Å².